The molecule has 41 heavy (non-hydrogen) atoms. The molecule has 0 saturated heterocycles. The monoisotopic (exact) mass is 555 g/mol. The predicted octanol–water partition coefficient (Wildman–Crippen LogP) is 7.31. The van der Waals surface area contributed by atoms with Gasteiger partial charge in [0.1, 0.15) is 5.75 Å². The van der Waals surface area contributed by atoms with Crippen molar-refractivity contribution in [3.8, 4) is 16.9 Å². The maximum absolute atomic E-state index is 14.1. The Kier molecular flexibility index (Phi) is 8.47. The van der Waals surface area contributed by atoms with Crippen molar-refractivity contribution in [2.75, 3.05) is 25.2 Å². The van der Waals surface area contributed by atoms with E-state index in [1.807, 2.05) is 6.20 Å². The van der Waals surface area contributed by atoms with Crippen LogP contribution in [0.1, 0.15) is 87.3 Å². The van der Waals surface area contributed by atoms with Gasteiger partial charge in [0.15, 0.2) is 0 Å². The van der Waals surface area contributed by atoms with E-state index >= 15 is 0 Å². The highest BCUT2D eigenvalue weighted by atomic mass is 16.5. The largest absolute Gasteiger partial charge is 0.496 e. The Morgan fingerprint density at radius 3 is 2.39 bits per heavy atom. The maximum Gasteiger partial charge on any atom is 0.230 e. The SMILES string of the molecule is COc1ccc(C2CCC(CN(C(=O)C3CCC(CO)CC3)c3cccc(-c4cnn(C5CC5)c4)c3)CC2)cc1C. The molecule has 3 fully saturated rings. The second kappa shape index (κ2) is 12.4. The second-order valence-corrected chi connectivity index (χ2v) is 12.8. The fourth-order valence-corrected chi connectivity index (χ4v) is 7.11. The van der Waals surface area contributed by atoms with Crippen LogP contribution in [0.5, 0.6) is 5.75 Å². The summed E-state index contributed by atoms with van der Waals surface area (Å²) in [6, 6.07) is 15.7. The molecule has 0 unspecified atom stereocenters. The molecule has 1 N–H and O–H groups in total. The number of rotatable bonds is 9. The quantitative estimate of drug-likeness (QED) is 0.301. The van der Waals surface area contributed by atoms with Gasteiger partial charge in [-0.25, -0.2) is 0 Å². The molecule has 6 nitrogen and oxygen atoms in total. The van der Waals surface area contributed by atoms with E-state index in [4.69, 9.17) is 4.74 Å². The van der Waals surface area contributed by atoms with E-state index in [9.17, 15) is 9.90 Å². The lowest BCUT2D eigenvalue weighted by Gasteiger charge is -2.36. The smallest absolute Gasteiger partial charge is 0.230 e. The number of carbonyl (C=O) groups is 1. The highest BCUT2D eigenvalue weighted by molar-refractivity contribution is 5.95. The molecule has 1 amide bonds. The number of benzene rings is 2. The Labute approximate surface area is 244 Å². The van der Waals surface area contributed by atoms with Crippen LogP contribution in [0.3, 0.4) is 0 Å². The molecule has 1 heterocycles. The Morgan fingerprint density at radius 1 is 0.951 bits per heavy atom. The fraction of sp³-hybridized carbons (Fsp3) is 0.543. The van der Waals surface area contributed by atoms with E-state index in [2.05, 4.69) is 70.3 Å². The topological polar surface area (TPSA) is 67.6 Å². The molecule has 1 aromatic heterocycles. The summed E-state index contributed by atoms with van der Waals surface area (Å²) in [4.78, 5) is 16.2. The molecule has 218 valence electrons. The summed E-state index contributed by atoms with van der Waals surface area (Å²) in [6.07, 6.45) is 14.7. The van der Waals surface area contributed by atoms with Gasteiger partial charge in [-0.3, -0.25) is 9.48 Å². The summed E-state index contributed by atoms with van der Waals surface area (Å²) in [5, 5.41) is 14.2. The molecule has 2 aromatic carbocycles. The highest BCUT2D eigenvalue weighted by Crippen LogP contribution is 2.40. The maximum atomic E-state index is 14.1. The first-order valence-corrected chi connectivity index (χ1v) is 15.7. The number of aliphatic hydroxyl groups is 1. The van der Waals surface area contributed by atoms with Crippen molar-refractivity contribution in [3.63, 3.8) is 0 Å². The Hall–Kier alpha value is -3.12. The molecule has 3 aliphatic carbocycles. The lowest BCUT2D eigenvalue weighted by molar-refractivity contribution is -0.123. The minimum atomic E-state index is 0.0395. The van der Waals surface area contributed by atoms with Gasteiger partial charge in [0, 0.05) is 36.5 Å². The van der Waals surface area contributed by atoms with Crippen molar-refractivity contribution >= 4 is 11.6 Å². The summed E-state index contributed by atoms with van der Waals surface area (Å²) in [5.74, 6) is 2.66. The zero-order valence-corrected chi connectivity index (χ0v) is 24.7. The first-order valence-electron chi connectivity index (χ1n) is 15.7. The fourth-order valence-electron chi connectivity index (χ4n) is 7.11. The van der Waals surface area contributed by atoms with Crippen LogP contribution in [0.2, 0.25) is 0 Å². The van der Waals surface area contributed by atoms with Crippen LogP contribution < -0.4 is 9.64 Å². The zero-order valence-electron chi connectivity index (χ0n) is 24.7. The van der Waals surface area contributed by atoms with E-state index in [0.717, 1.165) is 80.5 Å². The molecule has 0 radical (unpaired) electrons. The number of nitrogens with zero attached hydrogens (tertiary/aromatic N) is 3. The van der Waals surface area contributed by atoms with Crippen molar-refractivity contribution in [2.24, 2.45) is 17.8 Å². The van der Waals surface area contributed by atoms with Crippen LogP contribution in [0.15, 0.2) is 54.9 Å². The third-order valence-electron chi connectivity index (χ3n) is 9.91. The standard InChI is InChI=1S/C35H45N3O3/c1-24-18-30(14-17-34(24)41-2)27-10-6-25(7-11-27)21-37(35(40)28-12-8-26(23-39)9-13-28)33-5-3-4-29(19-33)31-20-36-38(22-31)32-15-16-32/h3-5,14,17-20,22,25-28,32,39H,6-13,15-16,21,23H2,1-2H3. The third kappa shape index (κ3) is 6.38. The number of hydrogen-bond donors (Lipinski definition) is 1. The van der Waals surface area contributed by atoms with E-state index in [0.29, 0.717) is 23.8 Å². The van der Waals surface area contributed by atoms with Crippen LogP contribution in [0.25, 0.3) is 11.1 Å². The first kappa shape index (κ1) is 28.0. The van der Waals surface area contributed by atoms with Crippen LogP contribution in [-0.4, -0.2) is 41.1 Å². The first-order chi connectivity index (χ1) is 20.0. The molecule has 6 rings (SSSR count). The van der Waals surface area contributed by atoms with Gasteiger partial charge in [0.05, 0.1) is 19.3 Å². The highest BCUT2D eigenvalue weighted by Gasteiger charge is 2.33. The summed E-state index contributed by atoms with van der Waals surface area (Å²) >= 11 is 0. The number of amides is 1. The van der Waals surface area contributed by atoms with E-state index in [-0.39, 0.29) is 18.4 Å². The van der Waals surface area contributed by atoms with Gasteiger partial charge in [-0.05, 0) is 124 Å². The summed E-state index contributed by atoms with van der Waals surface area (Å²) in [7, 11) is 1.73. The van der Waals surface area contributed by atoms with Gasteiger partial charge in [-0.2, -0.15) is 5.10 Å². The summed E-state index contributed by atoms with van der Waals surface area (Å²) in [5.41, 5.74) is 5.85. The number of ether oxygens (including phenoxy) is 1. The van der Waals surface area contributed by atoms with Gasteiger partial charge >= 0.3 is 0 Å². The minimum Gasteiger partial charge on any atom is -0.496 e. The Balaban J connectivity index is 1.19. The lowest BCUT2D eigenvalue weighted by atomic mass is 9.77. The number of hydrogen-bond acceptors (Lipinski definition) is 4. The van der Waals surface area contributed by atoms with Gasteiger partial charge < -0.3 is 14.7 Å². The molecular formula is C35H45N3O3. The molecule has 0 spiro atoms. The van der Waals surface area contributed by atoms with Gasteiger partial charge in [-0.1, -0.05) is 24.3 Å². The molecular weight excluding hydrogens is 510 g/mol. The zero-order chi connectivity index (χ0) is 28.3. The molecule has 0 bridgehead atoms. The molecule has 3 saturated carbocycles. The number of aryl methyl sites for hydroxylation is 1. The van der Waals surface area contributed by atoms with E-state index in [1.165, 1.54) is 24.0 Å². The normalized spacial score (nSPS) is 24.7. The predicted molar refractivity (Wildman–Crippen MR) is 163 cm³/mol. The Bertz CT molecular complexity index is 1330. The van der Waals surface area contributed by atoms with Crippen LogP contribution in [0, 0.1) is 24.7 Å². The van der Waals surface area contributed by atoms with Crippen LogP contribution in [-0.2, 0) is 4.79 Å². The van der Waals surface area contributed by atoms with E-state index in [1.54, 1.807) is 7.11 Å². The molecule has 3 aromatic rings. The van der Waals surface area contributed by atoms with Crippen molar-refractivity contribution < 1.29 is 14.6 Å². The average molecular weight is 556 g/mol. The number of carbonyl (C=O) groups excluding carboxylic acids is 1. The van der Waals surface area contributed by atoms with E-state index < -0.39 is 0 Å². The minimum absolute atomic E-state index is 0.0395. The van der Waals surface area contributed by atoms with Gasteiger partial charge in [0.2, 0.25) is 5.91 Å². The number of anilines is 1. The number of aromatic nitrogens is 2. The molecule has 3 aliphatic rings. The second-order valence-electron chi connectivity index (χ2n) is 12.8. The average Bonchev–Trinajstić information content (AvgIpc) is 3.75. The van der Waals surface area contributed by atoms with Crippen molar-refractivity contribution in [2.45, 2.75) is 83.1 Å². The van der Waals surface area contributed by atoms with Gasteiger partial charge in [-0.15, -0.1) is 0 Å². The van der Waals surface area contributed by atoms with Crippen LogP contribution in [0.4, 0.5) is 5.69 Å². The lowest BCUT2D eigenvalue weighted by Crippen LogP contribution is -2.41. The number of aliphatic hydroxyl groups excluding tert-OH is 1. The van der Waals surface area contributed by atoms with Crippen molar-refractivity contribution in [1.29, 1.82) is 0 Å². The van der Waals surface area contributed by atoms with Crippen LogP contribution >= 0.6 is 0 Å². The molecule has 0 atom stereocenters. The molecule has 6 heteroatoms. The Morgan fingerprint density at radius 2 is 1.71 bits per heavy atom. The summed E-state index contributed by atoms with van der Waals surface area (Å²) < 4.78 is 7.56. The summed E-state index contributed by atoms with van der Waals surface area (Å²) in [6.45, 7) is 3.13. The van der Waals surface area contributed by atoms with Crippen molar-refractivity contribution in [3.05, 3.63) is 66.0 Å². The van der Waals surface area contributed by atoms with Gasteiger partial charge in [0.25, 0.3) is 0 Å². The number of methoxy groups -OCH3 is 1. The van der Waals surface area contributed by atoms with Crippen molar-refractivity contribution in [1.82, 2.24) is 9.78 Å². The third-order valence-corrected chi connectivity index (χ3v) is 9.91. The molecule has 0 aliphatic heterocycles.